The first-order chi connectivity index (χ1) is 16.2. The molecule has 4 rings (SSSR count). The van der Waals surface area contributed by atoms with Crippen LogP contribution in [0.2, 0.25) is 0 Å². The average Bonchev–Trinajstić information content (AvgIpc) is 3.24. The number of nitro benzene ring substituents is 1. The monoisotopic (exact) mass is 506 g/mol. The van der Waals surface area contributed by atoms with Crippen LogP contribution in [0.1, 0.15) is 10.4 Å². The van der Waals surface area contributed by atoms with Gasteiger partial charge in [-0.05, 0) is 30.3 Å². The molecule has 34 heavy (non-hydrogen) atoms. The number of fused-ring (bicyclic) bond motifs is 1. The number of hydrogen-bond acceptors (Lipinski definition) is 10. The summed E-state index contributed by atoms with van der Waals surface area (Å²) in [4.78, 5) is 38.9. The Kier molecular flexibility index (Phi) is 6.83. The SMILES string of the molecule is O=C(COC(=O)c1ccc(S(=O)(=O)N2CCOCC2)cc1)Nc1nc2ccc([N+](=O)[O-])cc2s1. The number of nitrogens with one attached hydrogen (secondary N) is 1. The molecule has 1 aliphatic rings. The van der Waals surface area contributed by atoms with Crippen molar-refractivity contribution >= 4 is 54.3 Å². The van der Waals surface area contributed by atoms with Crippen LogP contribution < -0.4 is 5.32 Å². The lowest BCUT2D eigenvalue weighted by molar-refractivity contribution is -0.384. The van der Waals surface area contributed by atoms with Crippen molar-refractivity contribution in [3.05, 3.63) is 58.1 Å². The van der Waals surface area contributed by atoms with E-state index in [0.29, 0.717) is 23.4 Å². The number of nitrogens with zero attached hydrogens (tertiary/aromatic N) is 3. The molecule has 0 aliphatic carbocycles. The first-order valence-corrected chi connectivity index (χ1v) is 12.2. The van der Waals surface area contributed by atoms with E-state index in [1.807, 2.05) is 0 Å². The number of anilines is 1. The van der Waals surface area contributed by atoms with Crippen LogP contribution in [0.15, 0.2) is 47.4 Å². The van der Waals surface area contributed by atoms with Gasteiger partial charge in [-0.2, -0.15) is 4.31 Å². The maximum absolute atomic E-state index is 12.6. The molecule has 1 amide bonds. The highest BCUT2D eigenvalue weighted by Gasteiger charge is 2.26. The molecule has 3 aromatic rings. The summed E-state index contributed by atoms with van der Waals surface area (Å²) < 4.78 is 37.3. The molecule has 178 valence electrons. The number of sulfonamides is 1. The second-order valence-corrected chi connectivity index (χ2v) is 10.1. The zero-order chi connectivity index (χ0) is 24.3. The van der Waals surface area contributed by atoms with E-state index in [4.69, 9.17) is 9.47 Å². The number of rotatable bonds is 7. The fraction of sp³-hybridized carbons (Fsp3) is 0.250. The minimum Gasteiger partial charge on any atom is -0.452 e. The number of amides is 1. The minimum atomic E-state index is -3.69. The van der Waals surface area contributed by atoms with Gasteiger partial charge in [0.05, 0.1) is 38.8 Å². The van der Waals surface area contributed by atoms with Crippen LogP contribution in [0.5, 0.6) is 0 Å². The maximum Gasteiger partial charge on any atom is 0.338 e. The number of aromatic nitrogens is 1. The van der Waals surface area contributed by atoms with Gasteiger partial charge in [0.2, 0.25) is 10.0 Å². The molecule has 1 aromatic heterocycles. The number of carbonyl (C=O) groups is 2. The first kappa shape index (κ1) is 23.7. The van der Waals surface area contributed by atoms with E-state index in [1.165, 1.54) is 46.8 Å². The first-order valence-electron chi connectivity index (χ1n) is 9.94. The van der Waals surface area contributed by atoms with Gasteiger partial charge in [0.1, 0.15) is 0 Å². The zero-order valence-electron chi connectivity index (χ0n) is 17.5. The summed E-state index contributed by atoms with van der Waals surface area (Å²) in [6, 6.07) is 9.38. The van der Waals surface area contributed by atoms with Gasteiger partial charge >= 0.3 is 5.97 Å². The Morgan fingerprint density at radius 3 is 2.56 bits per heavy atom. The molecule has 0 spiro atoms. The Hall–Kier alpha value is -3.46. The van der Waals surface area contributed by atoms with Crippen LogP contribution in [0.25, 0.3) is 10.2 Å². The van der Waals surface area contributed by atoms with Crippen LogP contribution in [0, 0.1) is 10.1 Å². The number of esters is 1. The number of morpholine rings is 1. The van der Waals surface area contributed by atoms with Crippen LogP contribution in [0.4, 0.5) is 10.8 Å². The van der Waals surface area contributed by atoms with Gasteiger partial charge in [0.15, 0.2) is 11.7 Å². The molecule has 14 heteroatoms. The van der Waals surface area contributed by atoms with Crippen molar-refractivity contribution in [1.29, 1.82) is 0 Å². The van der Waals surface area contributed by atoms with E-state index >= 15 is 0 Å². The molecule has 2 aromatic carbocycles. The highest BCUT2D eigenvalue weighted by atomic mass is 32.2. The summed E-state index contributed by atoms with van der Waals surface area (Å²) in [5.41, 5.74) is 0.475. The highest BCUT2D eigenvalue weighted by molar-refractivity contribution is 7.89. The van der Waals surface area contributed by atoms with Gasteiger partial charge in [-0.15, -0.1) is 0 Å². The van der Waals surface area contributed by atoms with Crippen molar-refractivity contribution in [2.45, 2.75) is 4.90 Å². The van der Waals surface area contributed by atoms with E-state index in [2.05, 4.69) is 10.3 Å². The maximum atomic E-state index is 12.6. The Bertz CT molecular complexity index is 1350. The summed E-state index contributed by atoms with van der Waals surface area (Å²) in [6.45, 7) is 0.563. The van der Waals surface area contributed by atoms with E-state index in [9.17, 15) is 28.1 Å². The number of carbonyl (C=O) groups excluding carboxylic acids is 2. The molecule has 12 nitrogen and oxygen atoms in total. The number of benzene rings is 2. The number of thiazole rings is 1. The predicted molar refractivity (Wildman–Crippen MR) is 121 cm³/mol. The smallest absolute Gasteiger partial charge is 0.338 e. The molecular formula is C20H18N4O8S2. The van der Waals surface area contributed by atoms with Crippen molar-refractivity contribution in [2.24, 2.45) is 0 Å². The molecule has 0 atom stereocenters. The normalized spacial score (nSPS) is 14.6. The van der Waals surface area contributed by atoms with Crippen molar-refractivity contribution < 1.29 is 32.4 Å². The van der Waals surface area contributed by atoms with Crippen molar-refractivity contribution in [3.63, 3.8) is 0 Å². The van der Waals surface area contributed by atoms with Gasteiger partial charge in [0, 0.05) is 25.2 Å². The number of non-ortho nitro benzene ring substituents is 1. The van der Waals surface area contributed by atoms with E-state index in [1.54, 1.807) is 0 Å². The van der Waals surface area contributed by atoms with E-state index in [-0.39, 0.29) is 34.4 Å². The van der Waals surface area contributed by atoms with E-state index in [0.717, 1.165) is 11.3 Å². The molecule has 1 saturated heterocycles. The fourth-order valence-electron chi connectivity index (χ4n) is 3.15. The molecule has 0 radical (unpaired) electrons. The Morgan fingerprint density at radius 2 is 1.88 bits per heavy atom. The van der Waals surface area contributed by atoms with E-state index < -0.39 is 33.4 Å². The van der Waals surface area contributed by atoms with Gasteiger partial charge in [-0.1, -0.05) is 11.3 Å². The number of nitro groups is 1. The largest absolute Gasteiger partial charge is 0.452 e. The lowest BCUT2D eigenvalue weighted by Crippen LogP contribution is -2.40. The van der Waals surface area contributed by atoms with Gasteiger partial charge in [0.25, 0.3) is 11.6 Å². The molecule has 0 unspecified atom stereocenters. The molecule has 0 bridgehead atoms. The fourth-order valence-corrected chi connectivity index (χ4v) is 5.47. The van der Waals surface area contributed by atoms with Crippen LogP contribution >= 0.6 is 11.3 Å². The minimum absolute atomic E-state index is 0.0414. The lowest BCUT2D eigenvalue weighted by Gasteiger charge is -2.26. The molecular weight excluding hydrogens is 488 g/mol. The van der Waals surface area contributed by atoms with Crippen molar-refractivity contribution in [1.82, 2.24) is 9.29 Å². The molecule has 1 aliphatic heterocycles. The molecule has 1 fully saturated rings. The third-order valence-corrected chi connectivity index (χ3v) is 7.71. The van der Waals surface area contributed by atoms with Gasteiger partial charge in [-0.25, -0.2) is 18.2 Å². The Morgan fingerprint density at radius 1 is 1.18 bits per heavy atom. The number of ether oxygens (including phenoxy) is 2. The standard InChI is InChI=1S/C20H18N4O8S2/c25-18(22-20-21-16-6-3-14(24(27)28)11-17(16)33-20)12-32-19(26)13-1-4-15(5-2-13)34(29,30)23-7-9-31-10-8-23/h1-6,11H,7-10,12H2,(H,21,22,25). The predicted octanol–water partition coefficient (Wildman–Crippen LogP) is 2.02. The third-order valence-electron chi connectivity index (χ3n) is 4.86. The molecule has 1 N–H and O–H groups in total. The highest BCUT2D eigenvalue weighted by Crippen LogP contribution is 2.29. The quantitative estimate of drug-likeness (QED) is 0.287. The number of hydrogen-bond donors (Lipinski definition) is 1. The lowest BCUT2D eigenvalue weighted by atomic mass is 10.2. The molecule has 0 saturated carbocycles. The summed E-state index contributed by atoms with van der Waals surface area (Å²) in [7, 11) is -3.69. The second-order valence-electron chi connectivity index (χ2n) is 7.09. The topological polar surface area (TPSA) is 158 Å². The average molecular weight is 507 g/mol. The summed E-state index contributed by atoms with van der Waals surface area (Å²) in [5, 5.41) is 13.6. The van der Waals surface area contributed by atoms with Crippen LogP contribution in [-0.4, -0.2) is 67.4 Å². The Labute approximate surface area is 197 Å². The second kappa shape index (κ2) is 9.80. The van der Waals surface area contributed by atoms with Crippen LogP contribution in [-0.2, 0) is 24.3 Å². The zero-order valence-corrected chi connectivity index (χ0v) is 19.1. The summed E-state index contributed by atoms with van der Waals surface area (Å²) >= 11 is 1.05. The van der Waals surface area contributed by atoms with Gasteiger partial charge in [-0.3, -0.25) is 20.2 Å². The Balaban J connectivity index is 1.34. The summed E-state index contributed by atoms with van der Waals surface area (Å²) in [6.07, 6.45) is 0. The molecule has 2 heterocycles. The van der Waals surface area contributed by atoms with Crippen molar-refractivity contribution in [2.75, 3.05) is 38.2 Å². The summed E-state index contributed by atoms with van der Waals surface area (Å²) in [5.74, 6) is -1.45. The van der Waals surface area contributed by atoms with Crippen LogP contribution in [0.3, 0.4) is 0 Å². The third kappa shape index (κ3) is 5.20. The van der Waals surface area contributed by atoms with Crippen molar-refractivity contribution in [3.8, 4) is 0 Å². The van der Waals surface area contributed by atoms with Gasteiger partial charge < -0.3 is 9.47 Å².